The van der Waals surface area contributed by atoms with Crippen LogP contribution in [0.1, 0.15) is 26.7 Å². The smallest absolute Gasteiger partial charge is 0.275 e. The summed E-state index contributed by atoms with van der Waals surface area (Å²) in [6.45, 7) is 5.22. The van der Waals surface area contributed by atoms with Gasteiger partial charge < -0.3 is 14.8 Å². The number of benzene rings is 1. The fourth-order valence-electron chi connectivity index (χ4n) is 2.17. The number of nitrogens with zero attached hydrogens (tertiary/aromatic N) is 1. The third-order valence-electron chi connectivity index (χ3n) is 3.03. The molecule has 1 aliphatic heterocycles. The molecular formula is C14H20N2O4. The lowest BCUT2D eigenvalue weighted by atomic mass is 10.2. The highest BCUT2D eigenvalue weighted by atomic mass is 16.6. The summed E-state index contributed by atoms with van der Waals surface area (Å²) >= 11 is 0. The van der Waals surface area contributed by atoms with E-state index in [4.69, 9.17) is 9.47 Å². The van der Waals surface area contributed by atoms with E-state index in [1.165, 1.54) is 12.1 Å². The summed E-state index contributed by atoms with van der Waals surface area (Å²) in [7, 11) is 0. The number of nitro benzene ring substituents is 1. The minimum absolute atomic E-state index is 0.0250. The van der Waals surface area contributed by atoms with Crippen LogP contribution >= 0.6 is 0 Å². The number of ether oxygens (including phenoxy) is 2. The van der Waals surface area contributed by atoms with Gasteiger partial charge in [0.15, 0.2) is 0 Å². The number of nitrogens with one attached hydrogen (secondary N) is 1. The van der Waals surface area contributed by atoms with Gasteiger partial charge in [0.25, 0.3) is 5.69 Å². The third-order valence-corrected chi connectivity index (χ3v) is 3.03. The molecule has 1 aromatic carbocycles. The first kappa shape index (κ1) is 14.6. The lowest BCUT2D eigenvalue weighted by Gasteiger charge is -2.14. The van der Waals surface area contributed by atoms with E-state index in [1.54, 1.807) is 6.07 Å². The molecule has 0 spiro atoms. The molecule has 1 aromatic rings. The van der Waals surface area contributed by atoms with Crippen molar-refractivity contribution in [2.24, 2.45) is 0 Å². The van der Waals surface area contributed by atoms with Gasteiger partial charge in [-0.3, -0.25) is 10.1 Å². The van der Waals surface area contributed by atoms with Crippen molar-refractivity contribution in [2.75, 3.05) is 18.5 Å². The molecule has 0 bridgehead atoms. The molecule has 1 N–H and O–H groups in total. The molecular weight excluding hydrogens is 260 g/mol. The number of rotatable bonds is 6. The van der Waals surface area contributed by atoms with Gasteiger partial charge >= 0.3 is 0 Å². The SMILES string of the molecule is CC(C)Oc1cc(NCC2CCCO2)cc([N+](=O)[O-])c1. The first-order valence-corrected chi connectivity index (χ1v) is 6.86. The largest absolute Gasteiger partial charge is 0.491 e. The lowest BCUT2D eigenvalue weighted by molar-refractivity contribution is -0.384. The normalized spacial score (nSPS) is 18.2. The highest BCUT2D eigenvalue weighted by Gasteiger charge is 2.16. The van der Waals surface area contributed by atoms with E-state index in [2.05, 4.69) is 5.32 Å². The van der Waals surface area contributed by atoms with Crippen molar-refractivity contribution < 1.29 is 14.4 Å². The van der Waals surface area contributed by atoms with Crippen LogP contribution in [0.25, 0.3) is 0 Å². The molecule has 1 heterocycles. The van der Waals surface area contributed by atoms with E-state index in [-0.39, 0.29) is 17.9 Å². The van der Waals surface area contributed by atoms with Gasteiger partial charge in [0.2, 0.25) is 0 Å². The van der Waals surface area contributed by atoms with E-state index >= 15 is 0 Å². The fraction of sp³-hybridized carbons (Fsp3) is 0.571. The monoisotopic (exact) mass is 280 g/mol. The van der Waals surface area contributed by atoms with Crippen LogP contribution in [-0.2, 0) is 4.74 Å². The summed E-state index contributed by atoms with van der Waals surface area (Å²) in [4.78, 5) is 10.5. The quantitative estimate of drug-likeness (QED) is 0.640. The fourth-order valence-corrected chi connectivity index (χ4v) is 2.17. The van der Waals surface area contributed by atoms with Crippen molar-refractivity contribution in [1.82, 2.24) is 0 Å². The number of anilines is 1. The topological polar surface area (TPSA) is 73.6 Å². The Bertz CT molecular complexity index is 470. The summed E-state index contributed by atoms with van der Waals surface area (Å²) in [6, 6.07) is 4.74. The Kier molecular flexibility index (Phi) is 4.79. The van der Waals surface area contributed by atoms with Gasteiger partial charge in [-0.25, -0.2) is 0 Å². The molecule has 20 heavy (non-hydrogen) atoms. The van der Waals surface area contributed by atoms with Crippen molar-refractivity contribution in [3.8, 4) is 5.75 Å². The van der Waals surface area contributed by atoms with Gasteiger partial charge in [-0.15, -0.1) is 0 Å². The summed E-state index contributed by atoms with van der Waals surface area (Å²) in [5.74, 6) is 0.504. The molecule has 0 amide bonds. The van der Waals surface area contributed by atoms with E-state index in [9.17, 15) is 10.1 Å². The number of nitro groups is 1. The second-order valence-electron chi connectivity index (χ2n) is 5.16. The van der Waals surface area contributed by atoms with Crippen molar-refractivity contribution in [3.63, 3.8) is 0 Å². The molecule has 1 unspecified atom stereocenters. The Labute approximate surface area is 118 Å². The van der Waals surface area contributed by atoms with Gasteiger partial charge in [0.1, 0.15) is 5.75 Å². The zero-order chi connectivity index (χ0) is 14.5. The average molecular weight is 280 g/mol. The van der Waals surface area contributed by atoms with Crippen LogP contribution in [0.15, 0.2) is 18.2 Å². The maximum atomic E-state index is 10.9. The van der Waals surface area contributed by atoms with E-state index in [0.29, 0.717) is 18.0 Å². The van der Waals surface area contributed by atoms with Crippen molar-refractivity contribution in [2.45, 2.75) is 38.9 Å². The minimum Gasteiger partial charge on any atom is -0.491 e. The molecule has 2 rings (SSSR count). The van der Waals surface area contributed by atoms with Crippen LogP contribution in [0.3, 0.4) is 0 Å². The highest BCUT2D eigenvalue weighted by molar-refractivity contribution is 5.56. The number of hydrogen-bond donors (Lipinski definition) is 1. The van der Waals surface area contributed by atoms with Gasteiger partial charge in [-0.2, -0.15) is 0 Å². The molecule has 6 heteroatoms. The van der Waals surface area contributed by atoms with Crippen molar-refractivity contribution in [1.29, 1.82) is 0 Å². The Morgan fingerprint density at radius 3 is 2.90 bits per heavy atom. The predicted octanol–water partition coefficient (Wildman–Crippen LogP) is 2.97. The van der Waals surface area contributed by atoms with Gasteiger partial charge in [0, 0.05) is 31.0 Å². The Balaban J connectivity index is 2.08. The lowest BCUT2D eigenvalue weighted by Crippen LogP contribution is -2.18. The third kappa shape index (κ3) is 4.09. The van der Waals surface area contributed by atoms with Crippen LogP contribution in [0.2, 0.25) is 0 Å². The average Bonchev–Trinajstić information content (AvgIpc) is 2.88. The van der Waals surface area contributed by atoms with E-state index in [0.717, 1.165) is 19.4 Å². The molecule has 0 aromatic heterocycles. The second-order valence-corrected chi connectivity index (χ2v) is 5.16. The Hall–Kier alpha value is -1.82. The minimum atomic E-state index is -0.412. The zero-order valence-electron chi connectivity index (χ0n) is 11.8. The van der Waals surface area contributed by atoms with Crippen molar-refractivity contribution in [3.05, 3.63) is 28.3 Å². The highest BCUT2D eigenvalue weighted by Crippen LogP contribution is 2.27. The van der Waals surface area contributed by atoms with Gasteiger partial charge in [-0.1, -0.05) is 0 Å². The number of hydrogen-bond acceptors (Lipinski definition) is 5. The van der Waals surface area contributed by atoms with E-state index in [1.807, 2.05) is 13.8 Å². The Morgan fingerprint density at radius 1 is 1.50 bits per heavy atom. The molecule has 1 atom stereocenters. The molecule has 1 fully saturated rings. The molecule has 0 radical (unpaired) electrons. The summed E-state index contributed by atoms with van der Waals surface area (Å²) in [5, 5.41) is 14.1. The summed E-state index contributed by atoms with van der Waals surface area (Å²) in [6.07, 6.45) is 2.26. The van der Waals surface area contributed by atoms with Crippen LogP contribution in [0.5, 0.6) is 5.75 Å². The number of non-ortho nitro benzene ring substituents is 1. The summed E-state index contributed by atoms with van der Waals surface area (Å²) in [5.41, 5.74) is 0.711. The van der Waals surface area contributed by atoms with Crippen LogP contribution in [0.4, 0.5) is 11.4 Å². The van der Waals surface area contributed by atoms with Crippen LogP contribution < -0.4 is 10.1 Å². The zero-order valence-corrected chi connectivity index (χ0v) is 11.8. The van der Waals surface area contributed by atoms with Crippen LogP contribution in [0, 0.1) is 10.1 Å². The molecule has 6 nitrogen and oxygen atoms in total. The van der Waals surface area contributed by atoms with Gasteiger partial charge in [-0.05, 0) is 26.7 Å². The van der Waals surface area contributed by atoms with Crippen LogP contribution in [-0.4, -0.2) is 30.3 Å². The Morgan fingerprint density at radius 2 is 2.30 bits per heavy atom. The molecule has 1 saturated heterocycles. The molecule has 110 valence electrons. The van der Waals surface area contributed by atoms with Gasteiger partial charge in [0.05, 0.1) is 23.2 Å². The molecule has 1 aliphatic rings. The second kappa shape index (κ2) is 6.56. The first-order valence-electron chi connectivity index (χ1n) is 6.86. The summed E-state index contributed by atoms with van der Waals surface area (Å²) < 4.78 is 11.1. The predicted molar refractivity (Wildman–Crippen MR) is 76.3 cm³/mol. The van der Waals surface area contributed by atoms with Crippen molar-refractivity contribution >= 4 is 11.4 Å². The standard InChI is InChI=1S/C14H20N2O4/c1-10(2)20-14-7-11(6-12(8-14)16(17)18)15-9-13-4-3-5-19-13/h6-8,10,13,15H,3-5,9H2,1-2H3. The molecule has 0 saturated carbocycles. The first-order chi connectivity index (χ1) is 9.54. The maximum Gasteiger partial charge on any atom is 0.275 e. The molecule has 0 aliphatic carbocycles. The maximum absolute atomic E-state index is 10.9. The van der Waals surface area contributed by atoms with E-state index < -0.39 is 4.92 Å².